The van der Waals surface area contributed by atoms with Crippen LogP contribution in [0.1, 0.15) is 57.1 Å². The minimum atomic E-state index is -0.503. The maximum atomic E-state index is 12.1. The lowest BCUT2D eigenvalue weighted by atomic mass is 9.94. The predicted molar refractivity (Wildman–Crippen MR) is 84.8 cm³/mol. The Hall–Kier alpha value is -1.35. The molecule has 3 heteroatoms. The lowest BCUT2D eigenvalue weighted by Crippen LogP contribution is -2.31. The van der Waals surface area contributed by atoms with Crippen LogP contribution in [-0.2, 0) is 4.79 Å². The fraction of sp³-hybridized carbons (Fsp3) is 0.611. The molecule has 1 aliphatic carbocycles. The smallest absolute Gasteiger partial charge is 0.222 e. The van der Waals surface area contributed by atoms with Crippen molar-refractivity contribution < 1.29 is 9.90 Å². The van der Waals surface area contributed by atoms with Crippen LogP contribution in [-0.4, -0.2) is 17.6 Å². The van der Waals surface area contributed by atoms with Gasteiger partial charge in [0.1, 0.15) is 0 Å². The molecule has 3 nitrogen and oxygen atoms in total. The summed E-state index contributed by atoms with van der Waals surface area (Å²) in [4.78, 5) is 12.1. The third kappa shape index (κ3) is 5.16. The molecular formula is C18H27NO2. The third-order valence-electron chi connectivity index (χ3n) is 4.51. The number of carbonyl (C=O) groups is 1. The number of carbonyl (C=O) groups excluding carboxylic acids is 1. The van der Waals surface area contributed by atoms with E-state index >= 15 is 0 Å². The molecule has 116 valence electrons. The molecule has 0 bridgehead atoms. The Bertz CT molecular complexity index is 426. The van der Waals surface area contributed by atoms with E-state index in [4.69, 9.17) is 0 Å². The normalized spacial score (nSPS) is 18.4. The van der Waals surface area contributed by atoms with Crippen molar-refractivity contribution in [3.8, 4) is 0 Å². The van der Waals surface area contributed by atoms with E-state index in [0.29, 0.717) is 13.0 Å². The molecule has 0 saturated heterocycles. The van der Waals surface area contributed by atoms with Crippen LogP contribution in [0.3, 0.4) is 0 Å². The Morgan fingerprint density at radius 2 is 1.95 bits per heavy atom. The van der Waals surface area contributed by atoms with Gasteiger partial charge in [0, 0.05) is 12.5 Å². The first-order valence-electron chi connectivity index (χ1n) is 8.17. The number of hydrogen-bond donors (Lipinski definition) is 2. The number of benzene rings is 1. The van der Waals surface area contributed by atoms with Gasteiger partial charge in [0.15, 0.2) is 0 Å². The third-order valence-corrected chi connectivity index (χ3v) is 4.51. The quantitative estimate of drug-likeness (QED) is 0.808. The van der Waals surface area contributed by atoms with Crippen LogP contribution in [0.4, 0.5) is 0 Å². The van der Waals surface area contributed by atoms with Gasteiger partial charge in [-0.15, -0.1) is 0 Å². The van der Waals surface area contributed by atoms with Crippen molar-refractivity contribution in [2.75, 3.05) is 6.54 Å². The Morgan fingerprint density at radius 3 is 2.62 bits per heavy atom. The summed E-state index contributed by atoms with van der Waals surface area (Å²) in [5, 5.41) is 13.0. The average Bonchev–Trinajstić information content (AvgIpc) is 3.00. The van der Waals surface area contributed by atoms with Crippen molar-refractivity contribution in [3.05, 3.63) is 35.9 Å². The zero-order valence-corrected chi connectivity index (χ0v) is 12.9. The molecule has 1 aliphatic rings. The van der Waals surface area contributed by atoms with Gasteiger partial charge in [-0.1, -0.05) is 62.9 Å². The van der Waals surface area contributed by atoms with Gasteiger partial charge in [-0.3, -0.25) is 4.79 Å². The topological polar surface area (TPSA) is 49.3 Å². The second kappa shape index (κ2) is 8.18. The van der Waals surface area contributed by atoms with Crippen LogP contribution in [0.15, 0.2) is 30.3 Å². The minimum absolute atomic E-state index is 0.0852. The standard InChI is InChI=1S/C18H27NO2/c1-14(13-15-7-5-6-8-15)18(21)19-12-11-17(20)16-9-3-2-4-10-16/h2-4,9-10,14-15,17,20H,5-8,11-13H2,1H3,(H,19,21). The van der Waals surface area contributed by atoms with Gasteiger partial charge in [-0.05, 0) is 24.3 Å². The van der Waals surface area contributed by atoms with E-state index in [1.54, 1.807) is 0 Å². The molecule has 1 amide bonds. The fourth-order valence-electron chi connectivity index (χ4n) is 3.20. The van der Waals surface area contributed by atoms with Gasteiger partial charge in [0.25, 0.3) is 0 Å². The van der Waals surface area contributed by atoms with Crippen molar-refractivity contribution >= 4 is 5.91 Å². The number of aliphatic hydroxyl groups is 1. The summed E-state index contributed by atoms with van der Waals surface area (Å²) in [5.74, 6) is 0.949. The van der Waals surface area contributed by atoms with Gasteiger partial charge in [-0.25, -0.2) is 0 Å². The Morgan fingerprint density at radius 1 is 1.29 bits per heavy atom. The van der Waals surface area contributed by atoms with Crippen LogP contribution >= 0.6 is 0 Å². The van der Waals surface area contributed by atoms with Crippen LogP contribution < -0.4 is 5.32 Å². The molecule has 1 aromatic rings. The lowest BCUT2D eigenvalue weighted by molar-refractivity contribution is -0.125. The first kappa shape index (κ1) is 16.0. The Balaban J connectivity index is 1.66. The first-order valence-corrected chi connectivity index (χ1v) is 8.17. The minimum Gasteiger partial charge on any atom is -0.388 e. The molecule has 0 heterocycles. The van der Waals surface area contributed by atoms with Gasteiger partial charge in [0.05, 0.1) is 6.10 Å². The molecule has 1 fully saturated rings. The zero-order valence-electron chi connectivity index (χ0n) is 12.9. The number of hydrogen-bond acceptors (Lipinski definition) is 2. The number of amides is 1. The number of aliphatic hydroxyl groups excluding tert-OH is 1. The van der Waals surface area contributed by atoms with E-state index in [2.05, 4.69) is 5.32 Å². The maximum Gasteiger partial charge on any atom is 0.222 e. The van der Waals surface area contributed by atoms with Crippen molar-refractivity contribution in [1.82, 2.24) is 5.32 Å². The summed E-state index contributed by atoms with van der Waals surface area (Å²) in [5.41, 5.74) is 0.908. The first-order chi connectivity index (χ1) is 10.2. The van der Waals surface area contributed by atoms with Gasteiger partial charge < -0.3 is 10.4 Å². The van der Waals surface area contributed by atoms with E-state index < -0.39 is 6.10 Å². The predicted octanol–water partition coefficient (Wildman–Crippen LogP) is 3.44. The molecule has 2 N–H and O–H groups in total. The molecule has 0 radical (unpaired) electrons. The van der Waals surface area contributed by atoms with E-state index in [1.807, 2.05) is 37.3 Å². The van der Waals surface area contributed by atoms with E-state index in [9.17, 15) is 9.90 Å². The second-order valence-corrected chi connectivity index (χ2v) is 6.29. The molecular weight excluding hydrogens is 262 g/mol. The van der Waals surface area contributed by atoms with Gasteiger partial charge >= 0.3 is 0 Å². The second-order valence-electron chi connectivity index (χ2n) is 6.29. The Kier molecular flexibility index (Phi) is 6.24. The molecule has 1 aromatic carbocycles. The molecule has 21 heavy (non-hydrogen) atoms. The highest BCUT2D eigenvalue weighted by molar-refractivity contribution is 5.78. The largest absolute Gasteiger partial charge is 0.388 e. The average molecular weight is 289 g/mol. The van der Waals surface area contributed by atoms with E-state index in [0.717, 1.165) is 17.9 Å². The molecule has 0 aliphatic heterocycles. The van der Waals surface area contributed by atoms with Crippen molar-refractivity contribution in [2.45, 2.75) is 51.6 Å². The van der Waals surface area contributed by atoms with Gasteiger partial charge in [0.2, 0.25) is 5.91 Å². The monoisotopic (exact) mass is 289 g/mol. The van der Waals surface area contributed by atoms with Crippen molar-refractivity contribution in [1.29, 1.82) is 0 Å². The summed E-state index contributed by atoms with van der Waals surface area (Å²) in [7, 11) is 0. The highest BCUT2D eigenvalue weighted by atomic mass is 16.3. The SMILES string of the molecule is CC(CC1CCCC1)C(=O)NCCC(O)c1ccccc1. The molecule has 0 aromatic heterocycles. The van der Waals surface area contributed by atoms with Crippen LogP contribution in [0.2, 0.25) is 0 Å². The maximum absolute atomic E-state index is 12.1. The van der Waals surface area contributed by atoms with Crippen molar-refractivity contribution in [3.63, 3.8) is 0 Å². The number of nitrogens with one attached hydrogen (secondary N) is 1. The summed E-state index contributed by atoms with van der Waals surface area (Å²) in [6, 6.07) is 9.59. The Labute approximate surface area is 127 Å². The highest BCUT2D eigenvalue weighted by Crippen LogP contribution is 2.30. The van der Waals surface area contributed by atoms with Crippen LogP contribution in [0, 0.1) is 11.8 Å². The van der Waals surface area contributed by atoms with E-state index in [-0.39, 0.29) is 11.8 Å². The van der Waals surface area contributed by atoms with Crippen LogP contribution in [0.25, 0.3) is 0 Å². The summed E-state index contributed by atoms with van der Waals surface area (Å²) < 4.78 is 0. The summed E-state index contributed by atoms with van der Waals surface area (Å²) in [6.07, 6.45) is 6.27. The molecule has 2 atom stereocenters. The highest BCUT2D eigenvalue weighted by Gasteiger charge is 2.21. The molecule has 0 spiro atoms. The number of rotatable bonds is 7. The summed E-state index contributed by atoms with van der Waals surface area (Å²) in [6.45, 7) is 2.55. The summed E-state index contributed by atoms with van der Waals surface area (Å²) >= 11 is 0. The van der Waals surface area contributed by atoms with Gasteiger partial charge in [-0.2, -0.15) is 0 Å². The van der Waals surface area contributed by atoms with E-state index in [1.165, 1.54) is 25.7 Å². The molecule has 2 rings (SSSR count). The van der Waals surface area contributed by atoms with Crippen LogP contribution in [0.5, 0.6) is 0 Å². The molecule has 1 saturated carbocycles. The lowest BCUT2D eigenvalue weighted by Gasteiger charge is -2.17. The van der Waals surface area contributed by atoms with Crippen molar-refractivity contribution in [2.24, 2.45) is 11.8 Å². The zero-order chi connectivity index (χ0) is 15.1. The molecule has 2 unspecified atom stereocenters. The fourth-order valence-corrected chi connectivity index (χ4v) is 3.20.